The van der Waals surface area contributed by atoms with E-state index in [1.54, 1.807) is 34.6 Å². The summed E-state index contributed by atoms with van der Waals surface area (Å²) in [5, 5.41) is 2.53. The molecule has 0 heterocycles. The van der Waals surface area contributed by atoms with Crippen LogP contribution in [-0.4, -0.2) is 29.8 Å². The van der Waals surface area contributed by atoms with Crippen molar-refractivity contribution in [3.8, 4) is 0 Å². The maximum absolute atomic E-state index is 11.9. The summed E-state index contributed by atoms with van der Waals surface area (Å²) in [5.41, 5.74) is -0.576. The molecule has 0 fully saturated rings. The molecule has 1 atom stereocenters. The fourth-order valence-electron chi connectivity index (χ4n) is 1.24. The first-order valence-corrected chi connectivity index (χ1v) is 6.23. The van der Waals surface area contributed by atoms with E-state index in [1.807, 2.05) is 13.8 Å². The molecule has 0 radical (unpaired) electrons. The molecule has 0 spiro atoms. The molecule has 0 rings (SSSR count). The Morgan fingerprint density at radius 1 is 1.06 bits per heavy atom. The van der Waals surface area contributed by atoms with Gasteiger partial charge in [0.05, 0.1) is 6.10 Å². The van der Waals surface area contributed by atoms with Gasteiger partial charge in [0.1, 0.15) is 11.6 Å². The van der Waals surface area contributed by atoms with Crippen LogP contribution in [0.3, 0.4) is 0 Å². The molecule has 0 saturated heterocycles. The van der Waals surface area contributed by atoms with Crippen LogP contribution in [0.5, 0.6) is 0 Å². The third kappa shape index (κ3) is 7.14. The molecule has 1 N–H and O–H groups in total. The summed E-state index contributed by atoms with van der Waals surface area (Å²) < 4.78 is 10.2. The van der Waals surface area contributed by atoms with E-state index < -0.39 is 23.7 Å². The zero-order valence-corrected chi connectivity index (χ0v) is 12.4. The quantitative estimate of drug-likeness (QED) is 0.788. The van der Waals surface area contributed by atoms with Crippen molar-refractivity contribution in [2.75, 3.05) is 0 Å². The minimum atomic E-state index is -0.699. The second-order valence-electron chi connectivity index (χ2n) is 5.85. The van der Waals surface area contributed by atoms with Gasteiger partial charge in [-0.1, -0.05) is 13.8 Å². The van der Waals surface area contributed by atoms with Gasteiger partial charge in [-0.05, 0) is 40.5 Å². The maximum atomic E-state index is 11.9. The first kappa shape index (κ1) is 16.7. The van der Waals surface area contributed by atoms with Crippen LogP contribution < -0.4 is 5.32 Å². The van der Waals surface area contributed by atoms with Crippen LogP contribution in [0.1, 0.15) is 48.5 Å². The molecule has 5 heteroatoms. The summed E-state index contributed by atoms with van der Waals surface area (Å²) >= 11 is 0. The van der Waals surface area contributed by atoms with Crippen molar-refractivity contribution in [1.29, 1.82) is 0 Å². The first-order chi connectivity index (χ1) is 8.03. The van der Waals surface area contributed by atoms with Crippen molar-refractivity contribution >= 4 is 12.1 Å². The fraction of sp³-hybridized carbons (Fsp3) is 0.846. The van der Waals surface area contributed by atoms with Gasteiger partial charge in [-0.25, -0.2) is 9.59 Å². The maximum Gasteiger partial charge on any atom is 0.408 e. The Balaban J connectivity index is 4.58. The molecule has 0 aliphatic heterocycles. The molecule has 0 aromatic carbocycles. The Hall–Kier alpha value is -1.26. The van der Waals surface area contributed by atoms with Gasteiger partial charge in [-0.2, -0.15) is 0 Å². The molecule has 0 aromatic rings. The summed E-state index contributed by atoms with van der Waals surface area (Å²) in [6.07, 6.45) is -0.828. The lowest BCUT2D eigenvalue weighted by Gasteiger charge is -2.26. The van der Waals surface area contributed by atoms with Crippen LogP contribution in [0.15, 0.2) is 0 Å². The summed E-state index contributed by atoms with van der Waals surface area (Å²) in [4.78, 5) is 23.4. The van der Waals surface area contributed by atoms with Crippen molar-refractivity contribution in [2.24, 2.45) is 5.92 Å². The Morgan fingerprint density at radius 2 is 1.56 bits per heavy atom. The van der Waals surface area contributed by atoms with Crippen LogP contribution in [0.25, 0.3) is 0 Å². The molecule has 106 valence electrons. The van der Waals surface area contributed by atoms with Gasteiger partial charge in [0.15, 0.2) is 0 Å². The lowest BCUT2D eigenvalue weighted by atomic mass is 10.0. The molecule has 18 heavy (non-hydrogen) atoms. The molecule has 0 aromatic heterocycles. The second-order valence-corrected chi connectivity index (χ2v) is 5.85. The van der Waals surface area contributed by atoms with Gasteiger partial charge >= 0.3 is 12.1 Å². The zero-order chi connectivity index (χ0) is 14.5. The average molecular weight is 259 g/mol. The number of ether oxygens (including phenoxy) is 2. The van der Waals surface area contributed by atoms with E-state index in [9.17, 15) is 9.59 Å². The van der Waals surface area contributed by atoms with Gasteiger partial charge in [-0.15, -0.1) is 0 Å². The van der Waals surface area contributed by atoms with E-state index in [-0.39, 0.29) is 12.0 Å². The van der Waals surface area contributed by atoms with Gasteiger partial charge < -0.3 is 14.8 Å². The molecule has 0 saturated carbocycles. The van der Waals surface area contributed by atoms with Crippen LogP contribution in [-0.2, 0) is 14.3 Å². The van der Waals surface area contributed by atoms with Crippen LogP contribution >= 0.6 is 0 Å². The summed E-state index contributed by atoms with van der Waals surface area (Å²) in [5.74, 6) is -0.516. The standard InChI is InChI=1S/C13H25NO4/c1-8(2)10(11(15)18-13(5,6)7)14-12(16)17-9(3)4/h8-10H,1-7H3,(H,14,16)/t10-/m0/s1. The summed E-state index contributed by atoms with van der Waals surface area (Å²) in [7, 11) is 0. The predicted octanol–water partition coefficient (Wildman–Crippen LogP) is 2.49. The highest BCUT2D eigenvalue weighted by atomic mass is 16.6. The van der Waals surface area contributed by atoms with Gasteiger partial charge in [0, 0.05) is 0 Å². The van der Waals surface area contributed by atoms with E-state index in [4.69, 9.17) is 9.47 Å². The average Bonchev–Trinajstić information content (AvgIpc) is 2.09. The normalized spacial score (nSPS) is 13.4. The minimum absolute atomic E-state index is 0.0698. The van der Waals surface area contributed by atoms with Gasteiger partial charge in [0.25, 0.3) is 0 Å². The lowest BCUT2D eigenvalue weighted by molar-refractivity contribution is -0.158. The van der Waals surface area contributed by atoms with E-state index in [1.165, 1.54) is 0 Å². The number of carbonyl (C=O) groups is 2. The van der Waals surface area contributed by atoms with Crippen molar-refractivity contribution in [2.45, 2.75) is 66.2 Å². The number of rotatable bonds is 4. The molecule has 5 nitrogen and oxygen atoms in total. The third-order valence-corrected chi connectivity index (χ3v) is 1.94. The Kier molecular flexibility index (Phi) is 6.15. The Morgan fingerprint density at radius 3 is 1.89 bits per heavy atom. The largest absolute Gasteiger partial charge is 0.458 e. The van der Waals surface area contributed by atoms with Crippen LogP contribution in [0, 0.1) is 5.92 Å². The van der Waals surface area contributed by atoms with E-state index >= 15 is 0 Å². The SMILES string of the molecule is CC(C)OC(=O)N[C@H](C(=O)OC(C)(C)C)C(C)C. The molecule has 0 aliphatic rings. The highest BCUT2D eigenvalue weighted by Gasteiger charge is 2.29. The zero-order valence-electron chi connectivity index (χ0n) is 12.4. The van der Waals surface area contributed by atoms with E-state index in [2.05, 4.69) is 5.32 Å². The number of nitrogens with one attached hydrogen (secondary N) is 1. The second kappa shape index (κ2) is 6.61. The van der Waals surface area contributed by atoms with Crippen LogP contribution in [0.4, 0.5) is 4.79 Å². The van der Waals surface area contributed by atoms with Gasteiger partial charge in [0.2, 0.25) is 0 Å². The number of alkyl carbamates (subject to hydrolysis) is 1. The van der Waals surface area contributed by atoms with Crippen molar-refractivity contribution < 1.29 is 19.1 Å². The molecular formula is C13H25NO4. The monoisotopic (exact) mass is 259 g/mol. The third-order valence-electron chi connectivity index (χ3n) is 1.94. The number of amides is 1. The van der Waals surface area contributed by atoms with E-state index in [0.29, 0.717) is 0 Å². The molecule has 0 bridgehead atoms. The van der Waals surface area contributed by atoms with Crippen molar-refractivity contribution in [3.63, 3.8) is 0 Å². The first-order valence-electron chi connectivity index (χ1n) is 6.23. The van der Waals surface area contributed by atoms with Crippen molar-refractivity contribution in [3.05, 3.63) is 0 Å². The number of esters is 1. The summed E-state index contributed by atoms with van der Waals surface area (Å²) in [6.45, 7) is 12.5. The number of hydrogen-bond donors (Lipinski definition) is 1. The van der Waals surface area contributed by atoms with Gasteiger partial charge in [-0.3, -0.25) is 0 Å². The fourth-order valence-corrected chi connectivity index (χ4v) is 1.24. The van der Waals surface area contributed by atoms with E-state index in [0.717, 1.165) is 0 Å². The number of hydrogen-bond acceptors (Lipinski definition) is 4. The molecule has 0 unspecified atom stereocenters. The summed E-state index contributed by atoms with van der Waals surface area (Å²) in [6, 6.07) is -0.699. The molecule has 0 aliphatic carbocycles. The lowest BCUT2D eigenvalue weighted by Crippen LogP contribution is -2.47. The Bertz CT molecular complexity index is 292. The number of carbonyl (C=O) groups excluding carboxylic acids is 2. The minimum Gasteiger partial charge on any atom is -0.458 e. The topological polar surface area (TPSA) is 64.6 Å². The highest BCUT2D eigenvalue weighted by molar-refractivity contribution is 5.81. The smallest absolute Gasteiger partial charge is 0.408 e. The van der Waals surface area contributed by atoms with Crippen LogP contribution in [0.2, 0.25) is 0 Å². The molecule has 1 amide bonds. The van der Waals surface area contributed by atoms with Crippen molar-refractivity contribution in [1.82, 2.24) is 5.32 Å². The highest BCUT2D eigenvalue weighted by Crippen LogP contribution is 2.12. The predicted molar refractivity (Wildman–Crippen MR) is 69.2 cm³/mol. The molecular weight excluding hydrogens is 234 g/mol. The Labute approximate surface area is 109 Å².